The monoisotopic (exact) mass is 394 g/mol. The van der Waals surface area contributed by atoms with Crippen LogP contribution < -0.4 is 10.6 Å². The number of aliphatic carboxylic acids is 1. The van der Waals surface area contributed by atoms with Gasteiger partial charge >= 0.3 is 5.97 Å². The van der Waals surface area contributed by atoms with Crippen LogP contribution in [-0.4, -0.2) is 26.7 Å². The zero-order valence-electron chi connectivity index (χ0n) is 13.7. The fourth-order valence-electron chi connectivity index (χ4n) is 2.88. The minimum absolute atomic E-state index is 0.0338. The predicted molar refractivity (Wildman–Crippen MR) is 95.7 cm³/mol. The highest BCUT2D eigenvalue weighted by Crippen LogP contribution is 2.36. The number of carboxylic acids is 1. The van der Waals surface area contributed by atoms with Crippen molar-refractivity contribution in [3.05, 3.63) is 43.4 Å². The molecule has 1 atom stereocenters. The van der Waals surface area contributed by atoms with E-state index >= 15 is 0 Å². The summed E-state index contributed by atoms with van der Waals surface area (Å²) in [5.74, 6) is -2.68. The second-order valence-corrected chi connectivity index (χ2v) is 7.48. The second-order valence-electron chi connectivity index (χ2n) is 5.84. The van der Waals surface area contributed by atoms with E-state index in [4.69, 9.17) is 12.2 Å². The first kappa shape index (κ1) is 18.4. The molecule has 2 heterocycles. The Kier molecular flexibility index (Phi) is 5.01. The molecular weight excluding hydrogens is 379 g/mol. The topological polar surface area (TPSA) is 91.9 Å². The summed E-state index contributed by atoms with van der Waals surface area (Å²) >= 11 is 6.15. The lowest BCUT2D eigenvalue weighted by Crippen LogP contribution is -2.23. The molecule has 1 aromatic heterocycles. The summed E-state index contributed by atoms with van der Waals surface area (Å²) in [4.78, 5) is 27.9. The molecule has 0 unspecified atom stereocenters. The first-order valence-corrected chi connectivity index (χ1v) is 9.18. The molecule has 0 aliphatic carbocycles. The van der Waals surface area contributed by atoms with Crippen LogP contribution in [0.3, 0.4) is 0 Å². The molecule has 1 aliphatic heterocycles. The lowest BCUT2D eigenvalue weighted by Gasteiger charge is -2.14. The van der Waals surface area contributed by atoms with Crippen molar-refractivity contribution in [2.45, 2.75) is 32.2 Å². The van der Waals surface area contributed by atoms with Gasteiger partial charge in [0.1, 0.15) is 16.7 Å². The van der Waals surface area contributed by atoms with Crippen LogP contribution >= 0.6 is 23.6 Å². The zero-order valence-corrected chi connectivity index (χ0v) is 15.4. The smallest absolute Gasteiger partial charge is 0.326 e. The number of carboxylic acid groups (broad SMARTS) is 1. The van der Waals surface area contributed by atoms with Gasteiger partial charge in [-0.05, 0) is 36.8 Å². The van der Waals surface area contributed by atoms with Crippen molar-refractivity contribution in [3.63, 3.8) is 0 Å². The normalized spacial score (nSPS) is 14.2. The fourth-order valence-corrected chi connectivity index (χ4v) is 4.32. The molecule has 1 amide bonds. The highest BCUT2D eigenvalue weighted by molar-refractivity contribution is 7.73. The number of amides is 1. The molecule has 26 heavy (non-hydrogen) atoms. The Hall–Kier alpha value is -2.39. The van der Waals surface area contributed by atoms with Gasteiger partial charge < -0.3 is 10.2 Å². The van der Waals surface area contributed by atoms with Gasteiger partial charge in [0.15, 0.2) is 3.95 Å². The van der Waals surface area contributed by atoms with Gasteiger partial charge in [-0.1, -0.05) is 19.8 Å². The molecule has 9 heteroatoms. The molecule has 136 valence electrons. The molecule has 0 radical (unpaired) electrons. The average molecular weight is 394 g/mol. The quantitative estimate of drug-likeness (QED) is 0.734. The summed E-state index contributed by atoms with van der Waals surface area (Å²) in [6.07, 6.45) is 1.72. The molecule has 0 saturated carbocycles. The van der Waals surface area contributed by atoms with E-state index in [0.29, 0.717) is 18.2 Å². The van der Waals surface area contributed by atoms with E-state index in [1.165, 1.54) is 12.1 Å². The number of thiazole rings is 1. The van der Waals surface area contributed by atoms with Gasteiger partial charge in [0, 0.05) is 5.22 Å². The van der Waals surface area contributed by atoms with Crippen LogP contribution in [-0.2, 0) is 9.59 Å². The summed E-state index contributed by atoms with van der Waals surface area (Å²) in [5.41, 5.74) is 0.0338. The summed E-state index contributed by atoms with van der Waals surface area (Å²) in [6, 6.07) is 2.70. The highest BCUT2D eigenvalue weighted by Gasteiger charge is 2.30. The molecule has 0 saturated heterocycles. The maximum Gasteiger partial charge on any atom is 0.326 e. The zero-order chi connectivity index (χ0) is 19.0. The van der Waals surface area contributed by atoms with E-state index in [1.807, 2.05) is 6.92 Å². The van der Waals surface area contributed by atoms with E-state index in [1.54, 1.807) is 0 Å². The number of halogens is 1. The third-order valence-corrected chi connectivity index (χ3v) is 5.54. The average Bonchev–Trinajstić information content (AvgIpc) is 3.04. The maximum atomic E-state index is 13.6. The van der Waals surface area contributed by atoms with Crippen molar-refractivity contribution in [2.24, 2.45) is 4.99 Å². The Labute approximate surface area is 156 Å². The fraction of sp³-hybridized carbons (Fsp3) is 0.294. The summed E-state index contributed by atoms with van der Waals surface area (Å²) < 4.78 is 14.9. The third-order valence-electron chi connectivity index (χ3n) is 4.14. The molecule has 0 bridgehead atoms. The summed E-state index contributed by atoms with van der Waals surface area (Å²) in [5, 5.41) is 20.7. The van der Waals surface area contributed by atoms with E-state index < -0.39 is 29.6 Å². The van der Waals surface area contributed by atoms with Crippen LogP contribution in [0.25, 0.3) is 5.57 Å². The van der Waals surface area contributed by atoms with E-state index in [-0.39, 0.29) is 19.6 Å². The van der Waals surface area contributed by atoms with Gasteiger partial charge in [0.25, 0.3) is 5.91 Å². The van der Waals surface area contributed by atoms with Crippen molar-refractivity contribution in [1.82, 2.24) is 4.57 Å². The number of benzene rings is 1. The Morgan fingerprint density at radius 3 is 2.85 bits per heavy atom. The molecule has 3 rings (SSSR count). The number of hydrogen-bond donors (Lipinski definition) is 2. The van der Waals surface area contributed by atoms with Crippen molar-refractivity contribution < 1.29 is 24.2 Å². The van der Waals surface area contributed by atoms with Crippen molar-refractivity contribution in [1.29, 1.82) is 0 Å². The van der Waals surface area contributed by atoms with Crippen LogP contribution in [0, 0.1) is 9.77 Å². The predicted octanol–water partition coefficient (Wildman–Crippen LogP) is 2.30. The molecule has 1 aliphatic rings. The number of aromatic hydroxyl groups is 1. The minimum Gasteiger partial charge on any atom is -0.493 e. The number of rotatable bonds is 6. The summed E-state index contributed by atoms with van der Waals surface area (Å²) in [6.45, 7) is 1.93. The first-order chi connectivity index (χ1) is 12.3. The number of nitrogens with zero attached hydrogens (tertiary/aromatic N) is 2. The van der Waals surface area contributed by atoms with Crippen LogP contribution in [0.15, 0.2) is 23.2 Å². The van der Waals surface area contributed by atoms with E-state index in [2.05, 4.69) is 4.99 Å². The van der Waals surface area contributed by atoms with Gasteiger partial charge in [0.05, 0.1) is 10.9 Å². The third kappa shape index (κ3) is 3.08. The molecule has 0 spiro atoms. The first-order valence-electron chi connectivity index (χ1n) is 7.95. The molecule has 0 fully saturated rings. The Morgan fingerprint density at radius 2 is 2.19 bits per heavy atom. The van der Waals surface area contributed by atoms with Gasteiger partial charge in [-0.3, -0.25) is 9.36 Å². The van der Waals surface area contributed by atoms with Crippen molar-refractivity contribution >= 4 is 41.0 Å². The number of aromatic nitrogens is 1. The molecule has 2 aromatic rings. The van der Waals surface area contributed by atoms with Crippen LogP contribution in [0.2, 0.25) is 0 Å². The number of hydrogen-bond acceptors (Lipinski definition) is 5. The number of carbonyl (C=O) groups is 2. The van der Waals surface area contributed by atoms with Gasteiger partial charge in [0.2, 0.25) is 5.88 Å². The Bertz CT molecular complexity index is 1090. The number of fused-ring (bicyclic) bond motifs is 1. The Balaban J connectivity index is 2.22. The van der Waals surface area contributed by atoms with Crippen molar-refractivity contribution in [3.8, 4) is 5.88 Å². The Morgan fingerprint density at radius 1 is 1.46 bits per heavy atom. The summed E-state index contributed by atoms with van der Waals surface area (Å²) in [7, 11) is 0. The van der Waals surface area contributed by atoms with Gasteiger partial charge in [-0.2, -0.15) is 0 Å². The molecule has 1 aromatic carbocycles. The molecule has 2 N–H and O–H groups in total. The minimum atomic E-state index is -1.12. The maximum absolute atomic E-state index is 13.6. The largest absolute Gasteiger partial charge is 0.493 e. The van der Waals surface area contributed by atoms with Crippen LogP contribution in [0.5, 0.6) is 5.88 Å². The lowest BCUT2D eigenvalue weighted by atomic mass is 10.1. The van der Waals surface area contributed by atoms with Crippen molar-refractivity contribution in [2.75, 3.05) is 0 Å². The molecule has 6 nitrogen and oxygen atoms in total. The van der Waals surface area contributed by atoms with E-state index in [9.17, 15) is 24.2 Å². The highest BCUT2D eigenvalue weighted by atomic mass is 32.1. The number of unbranched alkanes of at least 4 members (excludes halogenated alkanes) is 1. The SMILES string of the molecule is CCCC[C@H](C(=O)O)n1c(O)c(C2=c3cc(F)ccc3=NC2=O)sc1=S. The van der Waals surface area contributed by atoms with Gasteiger partial charge in [-0.15, -0.1) is 11.3 Å². The second kappa shape index (κ2) is 7.08. The molecular formula is C17H15FN2O4S2. The lowest BCUT2D eigenvalue weighted by molar-refractivity contribution is -0.141. The standard InChI is InChI=1S/C17H15FN2O4S2/c1-2-3-4-11(16(23)24)20-15(22)13(26-17(20)25)12-9-7-8(18)5-6-10(9)19-14(12)21/h5-7,11,22H,2-4H2,1H3,(H,23,24)/t11-/m1/s1. The van der Waals surface area contributed by atoms with Crippen LogP contribution in [0.1, 0.15) is 37.1 Å². The number of carbonyl (C=O) groups excluding carboxylic acids is 1. The van der Waals surface area contributed by atoms with Gasteiger partial charge in [-0.25, -0.2) is 14.2 Å². The van der Waals surface area contributed by atoms with E-state index in [0.717, 1.165) is 28.4 Å². The van der Waals surface area contributed by atoms with Crippen LogP contribution in [0.4, 0.5) is 4.39 Å².